The van der Waals surface area contributed by atoms with E-state index in [1.807, 2.05) is 6.07 Å². The minimum Gasteiger partial charge on any atom is -0.492 e. The zero-order valence-electron chi connectivity index (χ0n) is 19.1. The summed E-state index contributed by atoms with van der Waals surface area (Å²) in [5.41, 5.74) is 0.545. The first-order valence-corrected chi connectivity index (χ1v) is 10.8. The summed E-state index contributed by atoms with van der Waals surface area (Å²) in [5.74, 6) is -5.01. The SMILES string of the molecule is O=C(O)CCC(=O)N[C@@H](Cc1ccc(OC(C(=O)O)C(=O)O)cc1)C(=O)NCCOc1ccccc1. The number of ether oxygens (including phenoxy) is 2. The second-order valence-electron chi connectivity index (χ2n) is 7.49. The van der Waals surface area contributed by atoms with E-state index in [1.54, 1.807) is 24.3 Å². The lowest BCUT2D eigenvalue weighted by Gasteiger charge is -2.19. The van der Waals surface area contributed by atoms with E-state index in [9.17, 15) is 24.0 Å². The molecular formula is C24H26N2O10. The van der Waals surface area contributed by atoms with Crippen LogP contribution >= 0.6 is 0 Å². The van der Waals surface area contributed by atoms with Crippen molar-refractivity contribution in [2.75, 3.05) is 13.2 Å². The number of carboxylic acid groups (broad SMARTS) is 3. The average molecular weight is 502 g/mol. The summed E-state index contributed by atoms with van der Waals surface area (Å²) < 4.78 is 10.5. The van der Waals surface area contributed by atoms with Gasteiger partial charge in [-0.15, -0.1) is 0 Å². The first-order chi connectivity index (χ1) is 17.2. The smallest absolute Gasteiger partial charge is 0.356 e. The third kappa shape index (κ3) is 9.71. The van der Waals surface area contributed by atoms with E-state index >= 15 is 0 Å². The monoisotopic (exact) mass is 502 g/mol. The molecule has 0 radical (unpaired) electrons. The maximum atomic E-state index is 12.7. The van der Waals surface area contributed by atoms with E-state index in [1.165, 1.54) is 24.3 Å². The maximum absolute atomic E-state index is 12.7. The molecule has 0 fully saturated rings. The van der Waals surface area contributed by atoms with Gasteiger partial charge in [0.2, 0.25) is 11.8 Å². The van der Waals surface area contributed by atoms with E-state index < -0.39 is 48.3 Å². The highest BCUT2D eigenvalue weighted by Crippen LogP contribution is 2.16. The first-order valence-electron chi connectivity index (χ1n) is 10.8. The molecule has 2 amide bonds. The molecule has 2 aromatic rings. The highest BCUT2D eigenvalue weighted by Gasteiger charge is 2.28. The quantitative estimate of drug-likeness (QED) is 0.171. The second kappa shape index (κ2) is 13.9. The molecule has 12 heteroatoms. The van der Waals surface area contributed by atoms with Crippen molar-refractivity contribution >= 4 is 29.7 Å². The highest BCUT2D eigenvalue weighted by atomic mass is 16.5. The summed E-state index contributed by atoms with van der Waals surface area (Å²) in [6.07, 6.45) is -2.77. The molecule has 0 aliphatic rings. The number of benzene rings is 2. The van der Waals surface area contributed by atoms with Crippen molar-refractivity contribution in [1.82, 2.24) is 10.6 Å². The number of aliphatic carboxylic acids is 3. The molecule has 0 unspecified atom stereocenters. The standard InChI is InChI=1S/C24H26N2O10/c27-19(10-11-20(28)29)26-18(22(30)25-12-13-35-16-4-2-1-3-5-16)14-15-6-8-17(9-7-15)36-21(23(31)32)24(33)34/h1-9,18,21H,10-14H2,(H,25,30)(H,26,27)(H,28,29)(H,31,32)(H,33,34)/t18-/m0/s1. The molecule has 2 aromatic carbocycles. The fourth-order valence-electron chi connectivity index (χ4n) is 2.96. The molecule has 0 aliphatic heterocycles. The number of carbonyl (C=O) groups is 5. The van der Waals surface area contributed by atoms with Gasteiger partial charge in [0.15, 0.2) is 0 Å². The fraction of sp³-hybridized carbons (Fsp3) is 0.292. The molecule has 0 aromatic heterocycles. The molecule has 0 aliphatic carbocycles. The summed E-state index contributed by atoms with van der Waals surface area (Å²) in [6.45, 7) is 0.323. The van der Waals surface area contributed by atoms with Crippen molar-refractivity contribution in [3.8, 4) is 11.5 Å². The minimum atomic E-state index is -2.08. The topological polar surface area (TPSA) is 189 Å². The van der Waals surface area contributed by atoms with Crippen LogP contribution in [0.3, 0.4) is 0 Å². The van der Waals surface area contributed by atoms with Gasteiger partial charge in [-0.3, -0.25) is 14.4 Å². The summed E-state index contributed by atoms with van der Waals surface area (Å²) in [6, 6.07) is 13.6. The predicted molar refractivity (Wildman–Crippen MR) is 124 cm³/mol. The van der Waals surface area contributed by atoms with Crippen LogP contribution in [0, 0.1) is 0 Å². The van der Waals surface area contributed by atoms with Crippen LogP contribution in [0.15, 0.2) is 54.6 Å². The number of hydrogen-bond acceptors (Lipinski definition) is 7. The average Bonchev–Trinajstić information content (AvgIpc) is 2.84. The Morgan fingerprint density at radius 1 is 0.806 bits per heavy atom. The van der Waals surface area contributed by atoms with Gasteiger partial charge in [-0.2, -0.15) is 0 Å². The van der Waals surface area contributed by atoms with Crippen molar-refractivity contribution in [2.45, 2.75) is 31.4 Å². The van der Waals surface area contributed by atoms with Gasteiger partial charge in [0.05, 0.1) is 13.0 Å². The Morgan fingerprint density at radius 2 is 1.44 bits per heavy atom. The van der Waals surface area contributed by atoms with Gasteiger partial charge < -0.3 is 35.4 Å². The van der Waals surface area contributed by atoms with Crippen LogP contribution in [0.5, 0.6) is 11.5 Å². The number of para-hydroxylation sites is 1. The largest absolute Gasteiger partial charge is 0.492 e. The lowest BCUT2D eigenvalue weighted by Crippen LogP contribution is -2.48. The normalized spacial score (nSPS) is 11.2. The second-order valence-corrected chi connectivity index (χ2v) is 7.49. The summed E-state index contributed by atoms with van der Waals surface area (Å²) in [7, 11) is 0. The molecule has 36 heavy (non-hydrogen) atoms. The van der Waals surface area contributed by atoms with Crippen LogP contribution in [0.1, 0.15) is 18.4 Å². The Labute approximate surface area is 205 Å². The maximum Gasteiger partial charge on any atom is 0.356 e. The molecule has 0 bridgehead atoms. The third-order valence-corrected chi connectivity index (χ3v) is 4.70. The van der Waals surface area contributed by atoms with Gasteiger partial charge in [-0.1, -0.05) is 30.3 Å². The van der Waals surface area contributed by atoms with Gasteiger partial charge >= 0.3 is 17.9 Å². The zero-order chi connectivity index (χ0) is 26.5. The highest BCUT2D eigenvalue weighted by molar-refractivity contribution is 5.96. The molecular weight excluding hydrogens is 476 g/mol. The molecule has 12 nitrogen and oxygen atoms in total. The third-order valence-electron chi connectivity index (χ3n) is 4.70. The van der Waals surface area contributed by atoms with Crippen molar-refractivity contribution in [3.63, 3.8) is 0 Å². The molecule has 5 N–H and O–H groups in total. The van der Waals surface area contributed by atoms with E-state index in [4.69, 9.17) is 24.8 Å². The number of carbonyl (C=O) groups excluding carboxylic acids is 2. The Kier molecular flexibility index (Phi) is 10.7. The summed E-state index contributed by atoms with van der Waals surface area (Å²) in [5, 5.41) is 31.8. The Balaban J connectivity index is 2.01. The van der Waals surface area contributed by atoms with Gasteiger partial charge in [0, 0.05) is 12.8 Å². The summed E-state index contributed by atoms with van der Waals surface area (Å²) >= 11 is 0. The molecule has 0 heterocycles. The van der Waals surface area contributed by atoms with Crippen LogP contribution in [-0.2, 0) is 30.4 Å². The lowest BCUT2D eigenvalue weighted by molar-refractivity contribution is -0.159. The Morgan fingerprint density at radius 3 is 2.03 bits per heavy atom. The van der Waals surface area contributed by atoms with Crippen LogP contribution in [0.25, 0.3) is 0 Å². The molecule has 0 saturated heterocycles. The number of rotatable bonds is 15. The minimum absolute atomic E-state index is 0.0156. The number of amides is 2. The van der Waals surface area contributed by atoms with Crippen LogP contribution < -0.4 is 20.1 Å². The van der Waals surface area contributed by atoms with Crippen molar-refractivity contribution in [1.29, 1.82) is 0 Å². The van der Waals surface area contributed by atoms with Crippen molar-refractivity contribution in [3.05, 3.63) is 60.2 Å². The Bertz CT molecular complexity index is 1040. The van der Waals surface area contributed by atoms with Crippen LogP contribution in [0.4, 0.5) is 0 Å². The zero-order valence-corrected chi connectivity index (χ0v) is 19.1. The Hall–Kier alpha value is -4.61. The van der Waals surface area contributed by atoms with Crippen LogP contribution in [-0.4, -0.2) is 70.3 Å². The number of nitrogens with one attached hydrogen (secondary N) is 2. The molecule has 1 atom stereocenters. The van der Waals surface area contributed by atoms with E-state index in [0.717, 1.165) is 0 Å². The molecule has 2 rings (SSSR count). The van der Waals surface area contributed by atoms with E-state index in [2.05, 4.69) is 10.6 Å². The van der Waals surface area contributed by atoms with E-state index in [0.29, 0.717) is 11.3 Å². The molecule has 0 spiro atoms. The van der Waals surface area contributed by atoms with Gasteiger partial charge in [0.25, 0.3) is 6.10 Å². The van der Waals surface area contributed by atoms with Gasteiger partial charge in [0.1, 0.15) is 24.1 Å². The molecule has 0 saturated carbocycles. The lowest BCUT2D eigenvalue weighted by atomic mass is 10.0. The number of carboxylic acids is 3. The first kappa shape index (κ1) is 27.6. The summed E-state index contributed by atoms with van der Waals surface area (Å²) in [4.78, 5) is 57.6. The fourth-order valence-corrected chi connectivity index (χ4v) is 2.96. The van der Waals surface area contributed by atoms with Gasteiger partial charge in [-0.05, 0) is 29.8 Å². The van der Waals surface area contributed by atoms with Gasteiger partial charge in [-0.25, -0.2) is 9.59 Å². The predicted octanol–water partition coefficient (Wildman–Crippen LogP) is 0.691. The van der Waals surface area contributed by atoms with Crippen LogP contribution in [0.2, 0.25) is 0 Å². The van der Waals surface area contributed by atoms with E-state index in [-0.39, 0.29) is 31.7 Å². The van der Waals surface area contributed by atoms with Crippen molar-refractivity contribution in [2.24, 2.45) is 0 Å². The van der Waals surface area contributed by atoms with Crippen molar-refractivity contribution < 1.29 is 48.8 Å². The number of hydrogen-bond donors (Lipinski definition) is 5. The molecule has 192 valence electrons.